The number of hydrogen-bond acceptors (Lipinski definition) is 3. The lowest BCUT2D eigenvalue weighted by molar-refractivity contribution is 1.43. The zero-order valence-electron chi connectivity index (χ0n) is 7.12. The number of thiol groups is 1. The van der Waals surface area contributed by atoms with Crippen molar-refractivity contribution in [1.29, 1.82) is 5.26 Å². The van der Waals surface area contributed by atoms with Crippen LogP contribution in [-0.2, 0) is 5.33 Å². The van der Waals surface area contributed by atoms with Crippen LogP contribution in [0.25, 0.3) is 10.1 Å². The summed E-state index contributed by atoms with van der Waals surface area (Å²) in [5.74, 6) is 0. The molecule has 70 valence electrons. The highest BCUT2D eigenvalue weighted by atomic mass is 79.9. The van der Waals surface area contributed by atoms with E-state index in [-0.39, 0.29) is 0 Å². The average molecular weight is 284 g/mol. The van der Waals surface area contributed by atoms with Crippen LogP contribution in [0.5, 0.6) is 0 Å². The highest BCUT2D eigenvalue weighted by Crippen LogP contribution is 2.35. The molecule has 1 heterocycles. The van der Waals surface area contributed by atoms with E-state index in [0.29, 0.717) is 5.56 Å². The second-order valence-corrected chi connectivity index (χ2v) is 4.97. The summed E-state index contributed by atoms with van der Waals surface area (Å²) in [6.07, 6.45) is 0. The van der Waals surface area contributed by atoms with E-state index in [9.17, 15) is 0 Å². The number of nitrogens with zero attached hydrogens (tertiary/aromatic N) is 1. The number of nitriles is 1. The van der Waals surface area contributed by atoms with E-state index in [1.807, 2.05) is 18.2 Å². The van der Waals surface area contributed by atoms with E-state index in [2.05, 4.69) is 34.6 Å². The quantitative estimate of drug-likeness (QED) is 0.622. The minimum absolute atomic E-state index is 0.687. The summed E-state index contributed by atoms with van der Waals surface area (Å²) in [6, 6.07) is 7.84. The molecule has 0 atom stereocenters. The van der Waals surface area contributed by atoms with Crippen LogP contribution in [0.4, 0.5) is 0 Å². The third-order valence-electron chi connectivity index (χ3n) is 1.98. The standard InChI is InChI=1S/C10H6BrNS2/c11-4-9-10(13)7-3-6(5-12)1-2-8(7)14-9/h1-3,13H,4H2. The normalized spacial score (nSPS) is 10.4. The van der Waals surface area contributed by atoms with Gasteiger partial charge in [-0.1, -0.05) is 15.9 Å². The summed E-state index contributed by atoms with van der Waals surface area (Å²) in [7, 11) is 0. The van der Waals surface area contributed by atoms with Crippen molar-refractivity contribution in [2.24, 2.45) is 0 Å². The van der Waals surface area contributed by atoms with Crippen molar-refractivity contribution >= 4 is 50.0 Å². The lowest BCUT2D eigenvalue weighted by Gasteiger charge is -1.92. The molecule has 0 amide bonds. The molecule has 0 radical (unpaired) electrons. The fraction of sp³-hybridized carbons (Fsp3) is 0.100. The summed E-state index contributed by atoms with van der Waals surface area (Å²) < 4.78 is 1.18. The largest absolute Gasteiger partial charge is 0.192 e. The average Bonchev–Trinajstić information content (AvgIpc) is 2.55. The Bertz CT molecular complexity index is 525. The molecule has 0 spiro atoms. The first-order valence-corrected chi connectivity index (χ1v) is 6.35. The Labute approximate surface area is 99.9 Å². The molecule has 1 aromatic carbocycles. The first-order valence-electron chi connectivity index (χ1n) is 3.96. The molecule has 0 bridgehead atoms. The minimum atomic E-state index is 0.687. The summed E-state index contributed by atoms with van der Waals surface area (Å²) in [6.45, 7) is 0. The molecule has 0 saturated carbocycles. The predicted octanol–water partition coefficient (Wildman–Crippen LogP) is 3.96. The molecule has 0 aliphatic rings. The molecule has 1 aromatic heterocycles. The third-order valence-corrected chi connectivity index (χ3v) is 4.75. The molecule has 0 saturated heterocycles. The van der Waals surface area contributed by atoms with Gasteiger partial charge >= 0.3 is 0 Å². The van der Waals surface area contributed by atoms with E-state index in [1.165, 1.54) is 9.58 Å². The highest BCUT2D eigenvalue weighted by Gasteiger charge is 2.08. The van der Waals surface area contributed by atoms with Gasteiger partial charge in [-0.05, 0) is 18.2 Å². The summed E-state index contributed by atoms with van der Waals surface area (Å²) in [4.78, 5) is 2.19. The van der Waals surface area contributed by atoms with Crippen LogP contribution in [0, 0.1) is 11.3 Å². The van der Waals surface area contributed by atoms with Gasteiger partial charge in [-0.25, -0.2) is 0 Å². The molecule has 0 unspecified atom stereocenters. The van der Waals surface area contributed by atoms with E-state index in [1.54, 1.807) is 11.3 Å². The SMILES string of the molecule is N#Cc1ccc2sc(CBr)c(S)c2c1. The van der Waals surface area contributed by atoms with E-state index >= 15 is 0 Å². The van der Waals surface area contributed by atoms with Crippen LogP contribution in [0.1, 0.15) is 10.4 Å². The number of thiophene rings is 1. The van der Waals surface area contributed by atoms with Crippen molar-refractivity contribution in [3.05, 3.63) is 28.6 Å². The molecule has 0 aliphatic carbocycles. The molecule has 1 nitrogen and oxygen atoms in total. The zero-order valence-corrected chi connectivity index (χ0v) is 10.4. The molecule has 0 aliphatic heterocycles. The highest BCUT2D eigenvalue weighted by molar-refractivity contribution is 9.08. The van der Waals surface area contributed by atoms with E-state index in [0.717, 1.165) is 15.6 Å². The van der Waals surface area contributed by atoms with Crippen LogP contribution < -0.4 is 0 Å². The van der Waals surface area contributed by atoms with Crippen LogP contribution >= 0.6 is 39.9 Å². The van der Waals surface area contributed by atoms with Gasteiger partial charge in [0.25, 0.3) is 0 Å². The molecule has 0 fully saturated rings. The number of fused-ring (bicyclic) bond motifs is 1. The Balaban J connectivity index is 2.75. The molecule has 0 N–H and O–H groups in total. The Morgan fingerprint density at radius 1 is 1.50 bits per heavy atom. The fourth-order valence-electron chi connectivity index (χ4n) is 1.30. The van der Waals surface area contributed by atoms with Gasteiger partial charge in [-0.15, -0.1) is 24.0 Å². The first-order chi connectivity index (χ1) is 6.76. The van der Waals surface area contributed by atoms with Gasteiger partial charge < -0.3 is 0 Å². The van der Waals surface area contributed by atoms with Gasteiger partial charge in [0.15, 0.2) is 0 Å². The fourth-order valence-corrected chi connectivity index (χ4v) is 3.55. The van der Waals surface area contributed by atoms with E-state index < -0.39 is 0 Å². The Morgan fingerprint density at radius 2 is 2.29 bits per heavy atom. The van der Waals surface area contributed by atoms with Crippen LogP contribution in [0.15, 0.2) is 23.1 Å². The summed E-state index contributed by atoms with van der Waals surface area (Å²) in [5.41, 5.74) is 0.687. The smallest absolute Gasteiger partial charge is 0.0991 e. The second kappa shape index (κ2) is 3.93. The summed E-state index contributed by atoms with van der Waals surface area (Å²) >= 11 is 9.58. The van der Waals surface area contributed by atoms with Crippen molar-refractivity contribution in [3.63, 3.8) is 0 Å². The van der Waals surface area contributed by atoms with Gasteiger partial charge in [0.1, 0.15) is 0 Å². The van der Waals surface area contributed by atoms with Gasteiger partial charge in [-0.2, -0.15) is 5.26 Å². The monoisotopic (exact) mass is 283 g/mol. The van der Waals surface area contributed by atoms with Crippen LogP contribution in [0.3, 0.4) is 0 Å². The summed E-state index contributed by atoms with van der Waals surface area (Å²) in [5, 5.41) is 10.7. The van der Waals surface area contributed by atoms with Crippen LogP contribution in [-0.4, -0.2) is 0 Å². The maximum Gasteiger partial charge on any atom is 0.0991 e. The van der Waals surface area contributed by atoms with Gasteiger partial charge in [0.2, 0.25) is 0 Å². The molecular formula is C10H6BrNS2. The maximum absolute atomic E-state index is 8.77. The molecule has 2 rings (SSSR count). The van der Waals surface area contributed by atoms with Gasteiger partial charge in [-0.3, -0.25) is 0 Å². The first kappa shape index (κ1) is 10.0. The van der Waals surface area contributed by atoms with Gasteiger partial charge in [0, 0.05) is 25.2 Å². The van der Waals surface area contributed by atoms with Crippen molar-refractivity contribution in [1.82, 2.24) is 0 Å². The predicted molar refractivity (Wildman–Crippen MR) is 66.4 cm³/mol. The number of rotatable bonds is 1. The minimum Gasteiger partial charge on any atom is -0.192 e. The number of benzene rings is 1. The molecule has 14 heavy (non-hydrogen) atoms. The van der Waals surface area contributed by atoms with Crippen LogP contribution in [0.2, 0.25) is 0 Å². The molecule has 2 aromatic rings. The number of alkyl halides is 1. The van der Waals surface area contributed by atoms with Crippen molar-refractivity contribution < 1.29 is 0 Å². The molecular weight excluding hydrogens is 278 g/mol. The zero-order chi connectivity index (χ0) is 10.1. The van der Waals surface area contributed by atoms with Crippen molar-refractivity contribution in [2.75, 3.05) is 0 Å². The van der Waals surface area contributed by atoms with E-state index in [4.69, 9.17) is 5.26 Å². The Hall–Kier alpha value is -0.500. The third kappa shape index (κ3) is 1.56. The molecule has 4 heteroatoms. The topological polar surface area (TPSA) is 23.8 Å². The lowest BCUT2D eigenvalue weighted by Crippen LogP contribution is -1.73. The second-order valence-electron chi connectivity index (χ2n) is 2.83. The maximum atomic E-state index is 8.77. The van der Waals surface area contributed by atoms with Crippen molar-refractivity contribution in [2.45, 2.75) is 10.2 Å². The van der Waals surface area contributed by atoms with Gasteiger partial charge in [0.05, 0.1) is 11.6 Å². The Kier molecular flexibility index (Phi) is 2.82. The Morgan fingerprint density at radius 3 is 2.93 bits per heavy atom. The number of hydrogen-bond donors (Lipinski definition) is 1. The number of halogens is 1. The van der Waals surface area contributed by atoms with Crippen molar-refractivity contribution in [3.8, 4) is 6.07 Å². The lowest BCUT2D eigenvalue weighted by atomic mass is 10.2.